The normalized spacial score (nSPS) is 12.2. The third kappa shape index (κ3) is 12.6. The van der Waals surface area contributed by atoms with Gasteiger partial charge >= 0.3 is 0 Å². The summed E-state index contributed by atoms with van der Waals surface area (Å²) in [5, 5.41) is 13.0. The summed E-state index contributed by atoms with van der Waals surface area (Å²) in [6.45, 7) is 8.69. The Labute approximate surface area is 295 Å². The van der Waals surface area contributed by atoms with Gasteiger partial charge < -0.3 is 15.0 Å². The minimum Gasteiger partial charge on any atom is -0.508 e. The molecule has 0 aliphatic heterocycles. The van der Waals surface area contributed by atoms with Gasteiger partial charge in [-0.15, -0.1) is 11.6 Å². The molecule has 7 heteroatoms. The summed E-state index contributed by atoms with van der Waals surface area (Å²) in [6, 6.07) is 21.8. The largest absolute Gasteiger partial charge is 0.508 e. The van der Waals surface area contributed by atoms with Crippen molar-refractivity contribution >= 4 is 53.4 Å². The fourth-order valence-corrected chi connectivity index (χ4v) is 5.29. The summed E-state index contributed by atoms with van der Waals surface area (Å²) < 4.78 is 1.85. The van der Waals surface area contributed by atoms with Crippen LogP contribution < -0.4 is 5.32 Å². The fraction of sp³-hybridized carbons (Fsp3) is 0.220. The number of halogens is 2. The second-order valence-corrected chi connectivity index (χ2v) is 11.8. The number of amides is 1. The zero-order chi connectivity index (χ0) is 34.7. The number of nitrogens with one attached hydrogen (secondary N) is 1. The molecule has 1 aliphatic carbocycles. The molecule has 0 bridgehead atoms. The monoisotopic (exact) mass is 681 g/mol. The SMILES string of the molecule is C/C(Cl)=C\CCl.C/C=C/c1cn(CC(=O)NCC)c(/C=C/c2ccc(-c3ccc(O)cc3)cc2)n1.CCc1cccc2c1CC=CC=C2. The van der Waals surface area contributed by atoms with Gasteiger partial charge in [0.05, 0.1) is 5.69 Å². The number of nitrogens with zero attached hydrogens (tertiary/aromatic N) is 2. The number of allylic oxidation sites excluding steroid dienone is 6. The van der Waals surface area contributed by atoms with Crippen LogP contribution in [-0.2, 0) is 24.2 Å². The molecule has 4 aromatic rings. The molecule has 2 N–H and O–H groups in total. The summed E-state index contributed by atoms with van der Waals surface area (Å²) in [4.78, 5) is 16.6. The minimum absolute atomic E-state index is 0.0372. The number of carbonyl (C=O) groups is 1. The Hall–Kier alpha value is -4.58. The fourth-order valence-electron chi connectivity index (χ4n) is 4.90. The number of hydrogen-bond acceptors (Lipinski definition) is 3. The number of alkyl halides is 1. The summed E-state index contributed by atoms with van der Waals surface area (Å²) in [5.74, 6) is 1.46. The molecule has 0 saturated carbocycles. The quantitative estimate of drug-likeness (QED) is 0.173. The van der Waals surface area contributed by atoms with E-state index in [0.717, 1.165) is 46.1 Å². The first-order chi connectivity index (χ1) is 23.3. The van der Waals surface area contributed by atoms with Gasteiger partial charge in [0.2, 0.25) is 5.91 Å². The lowest BCUT2D eigenvalue weighted by atomic mass is 9.97. The van der Waals surface area contributed by atoms with Gasteiger partial charge in [0.1, 0.15) is 18.1 Å². The average molecular weight is 683 g/mol. The lowest BCUT2D eigenvalue weighted by Crippen LogP contribution is -2.27. The molecule has 1 heterocycles. The Balaban J connectivity index is 0.000000269. The highest BCUT2D eigenvalue weighted by Gasteiger charge is 2.08. The Morgan fingerprint density at radius 2 is 1.69 bits per heavy atom. The van der Waals surface area contributed by atoms with Gasteiger partial charge in [-0.25, -0.2) is 4.98 Å². The predicted octanol–water partition coefficient (Wildman–Crippen LogP) is 10.3. The minimum atomic E-state index is -0.0372. The number of rotatable bonds is 9. The molecule has 5 nitrogen and oxygen atoms in total. The third-order valence-corrected chi connectivity index (χ3v) is 7.59. The summed E-state index contributed by atoms with van der Waals surface area (Å²) in [7, 11) is 0. The number of aromatic hydroxyl groups is 1. The molecule has 48 heavy (non-hydrogen) atoms. The maximum absolute atomic E-state index is 12.0. The number of carbonyl (C=O) groups excluding carboxylic acids is 1. The summed E-state index contributed by atoms with van der Waals surface area (Å²) >= 11 is 10.6. The van der Waals surface area contributed by atoms with E-state index in [-0.39, 0.29) is 18.2 Å². The smallest absolute Gasteiger partial charge is 0.239 e. The number of phenolic OH excluding ortho intramolecular Hbond substituents is 1. The molecule has 5 rings (SSSR count). The summed E-state index contributed by atoms with van der Waals surface area (Å²) in [5.41, 5.74) is 8.34. The number of benzene rings is 3. The van der Waals surface area contributed by atoms with E-state index in [1.807, 2.05) is 85.3 Å². The topological polar surface area (TPSA) is 67.2 Å². The maximum Gasteiger partial charge on any atom is 0.239 e. The molecular formula is C41H45Cl2N3O2. The van der Waals surface area contributed by atoms with Crippen LogP contribution in [0, 0.1) is 0 Å². The molecule has 0 spiro atoms. The second kappa shape index (κ2) is 20.6. The van der Waals surface area contributed by atoms with E-state index >= 15 is 0 Å². The molecule has 0 saturated heterocycles. The predicted molar refractivity (Wildman–Crippen MR) is 206 cm³/mol. The lowest BCUT2D eigenvalue weighted by Gasteiger charge is -2.08. The standard InChI is InChI=1S/C24H25N3O2.C13H14.C4H6Cl2/c1-3-5-21-16-27(17-24(29)25-4-2)23(26-21)15-8-18-6-9-19(10-7-18)20-11-13-22(28)14-12-20;1-2-11-8-6-9-12-7-4-3-5-10-13(11)12;1-4(6)2-3-5/h3,5-16,28H,4,17H2,1-2H3,(H,25,29);3-9H,2,10H2,1H3;2H,3H2,1H3/b5-3+,15-8+;;4-2+. The first kappa shape index (κ1) is 37.9. The zero-order valence-corrected chi connectivity index (χ0v) is 29.7. The number of fused-ring (bicyclic) bond motifs is 1. The highest BCUT2D eigenvalue weighted by Crippen LogP contribution is 2.23. The van der Waals surface area contributed by atoms with Crippen molar-refractivity contribution < 1.29 is 9.90 Å². The third-order valence-electron chi connectivity index (χ3n) is 7.28. The Kier molecular flexibility index (Phi) is 16.3. The van der Waals surface area contributed by atoms with Crippen molar-refractivity contribution in [2.75, 3.05) is 12.4 Å². The van der Waals surface area contributed by atoms with Crippen molar-refractivity contribution in [3.63, 3.8) is 0 Å². The van der Waals surface area contributed by atoms with E-state index < -0.39 is 0 Å². The van der Waals surface area contributed by atoms with Crippen LogP contribution >= 0.6 is 23.2 Å². The Morgan fingerprint density at radius 1 is 0.979 bits per heavy atom. The number of aryl methyl sites for hydroxylation is 1. The summed E-state index contributed by atoms with van der Waals surface area (Å²) in [6.07, 6.45) is 22.2. The van der Waals surface area contributed by atoms with Gasteiger partial charge in [0.15, 0.2) is 0 Å². The van der Waals surface area contributed by atoms with Gasteiger partial charge in [-0.1, -0.05) is 116 Å². The molecule has 1 amide bonds. The molecule has 3 aromatic carbocycles. The van der Waals surface area contributed by atoms with Crippen molar-refractivity contribution in [2.24, 2.45) is 0 Å². The van der Waals surface area contributed by atoms with Gasteiger partial charge in [0, 0.05) is 23.7 Å². The van der Waals surface area contributed by atoms with Crippen LogP contribution in [0.5, 0.6) is 5.75 Å². The van der Waals surface area contributed by atoms with Gasteiger partial charge in [-0.2, -0.15) is 0 Å². The van der Waals surface area contributed by atoms with Gasteiger partial charge in [-0.05, 0) is 91.3 Å². The van der Waals surface area contributed by atoms with Crippen molar-refractivity contribution in [3.8, 4) is 16.9 Å². The van der Waals surface area contributed by atoms with Crippen LogP contribution in [0.1, 0.15) is 61.5 Å². The Bertz CT molecular complexity index is 1740. The van der Waals surface area contributed by atoms with E-state index in [2.05, 4.69) is 59.7 Å². The number of likely N-dealkylation sites (N-methyl/N-ethyl adjacent to an activating group) is 1. The molecule has 250 valence electrons. The molecule has 0 unspecified atom stereocenters. The number of phenols is 1. The van der Waals surface area contributed by atoms with Gasteiger partial charge in [-0.3, -0.25) is 4.79 Å². The van der Waals surface area contributed by atoms with E-state index in [1.165, 1.54) is 16.7 Å². The van der Waals surface area contributed by atoms with Crippen LogP contribution in [0.25, 0.3) is 35.4 Å². The van der Waals surface area contributed by atoms with Crippen molar-refractivity contribution in [3.05, 3.63) is 142 Å². The van der Waals surface area contributed by atoms with Crippen LogP contribution in [-0.4, -0.2) is 33.0 Å². The van der Waals surface area contributed by atoms with Crippen molar-refractivity contribution in [1.29, 1.82) is 0 Å². The van der Waals surface area contributed by atoms with E-state index in [9.17, 15) is 9.90 Å². The second-order valence-electron chi connectivity index (χ2n) is 10.9. The molecular weight excluding hydrogens is 637 g/mol. The highest BCUT2D eigenvalue weighted by molar-refractivity contribution is 6.30. The first-order valence-electron chi connectivity index (χ1n) is 16.1. The molecule has 0 atom stereocenters. The molecule has 0 fully saturated rings. The van der Waals surface area contributed by atoms with Crippen LogP contribution in [0.3, 0.4) is 0 Å². The zero-order valence-electron chi connectivity index (χ0n) is 28.2. The van der Waals surface area contributed by atoms with E-state index in [1.54, 1.807) is 25.1 Å². The Morgan fingerprint density at radius 3 is 2.29 bits per heavy atom. The van der Waals surface area contributed by atoms with E-state index in [0.29, 0.717) is 12.4 Å². The van der Waals surface area contributed by atoms with Crippen molar-refractivity contribution in [1.82, 2.24) is 14.9 Å². The number of aromatic nitrogens is 2. The highest BCUT2D eigenvalue weighted by atomic mass is 35.5. The van der Waals surface area contributed by atoms with Crippen LogP contribution in [0.4, 0.5) is 0 Å². The van der Waals surface area contributed by atoms with Gasteiger partial charge in [0.25, 0.3) is 0 Å². The first-order valence-corrected chi connectivity index (χ1v) is 17.0. The lowest BCUT2D eigenvalue weighted by molar-refractivity contribution is -0.121. The molecule has 0 radical (unpaired) electrons. The average Bonchev–Trinajstić information content (AvgIpc) is 3.28. The molecule has 1 aliphatic rings. The number of hydrogen-bond donors (Lipinski definition) is 2. The number of imidazole rings is 1. The van der Waals surface area contributed by atoms with Crippen molar-refractivity contribution in [2.45, 2.75) is 47.1 Å². The van der Waals surface area contributed by atoms with Crippen LogP contribution in [0.2, 0.25) is 0 Å². The van der Waals surface area contributed by atoms with E-state index in [4.69, 9.17) is 23.2 Å². The molecule has 1 aromatic heterocycles. The maximum atomic E-state index is 12.0. The van der Waals surface area contributed by atoms with Crippen LogP contribution in [0.15, 0.2) is 108 Å².